The molecule has 6 heteroatoms. The summed E-state index contributed by atoms with van der Waals surface area (Å²) in [6.45, 7) is 6.13. The highest BCUT2D eigenvalue weighted by Crippen LogP contribution is 2.30. The third kappa shape index (κ3) is 4.08. The summed E-state index contributed by atoms with van der Waals surface area (Å²) in [4.78, 5) is 23.0. The number of aromatic nitrogens is 1. The highest BCUT2D eigenvalue weighted by molar-refractivity contribution is 7.15. The van der Waals surface area contributed by atoms with E-state index in [0.29, 0.717) is 5.69 Å². The number of hydrogen-bond donors (Lipinski definition) is 1. The van der Waals surface area contributed by atoms with Gasteiger partial charge in [0.1, 0.15) is 5.69 Å². The first-order chi connectivity index (χ1) is 13.6. The number of anilines is 2. The standard InChI is InChI=1S/C22H24N4OS/c1-16-23-20(21(28-16)17-6-4-3-5-7-17)22(27)24-18-8-10-19(11-9-18)26-14-12-25(2)13-15-26/h3-11H,12-15H2,1-2H3,(H,24,27). The van der Waals surface area contributed by atoms with Crippen LogP contribution in [0.2, 0.25) is 0 Å². The molecule has 1 amide bonds. The van der Waals surface area contributed by atoms with Crippen LogP contribution in [-0.2, 0) is 0 Å². The SMILES string of the molecule is Cc1nc(C(=O)Nc2ccc(N3CCN(C)CC3)cc2)c(-c2ccccc2)s1. The normalized spacial score (nSPS) is 14.9. The fourth-order valence-corrected chi connectivity index (χ4v) is 4.30. The number of thiazole rings is 1. The zero-order chi connectivity index (χ0) is 19.5. The third-order valence-electron chi connectivity index (χ3n) is 4.98. The number of nitrogens with zero attached hydrogens (tertiary/aromatic N) is 3. The van der Waals surface area contributed by atoms with Crippen LogP contribution < -0.4 is 10.2 Å². The Morgan fingerprint density at radius 3 is 2.36 bits per heavy atom. The van der Waals surface area contributed by atoms with Gasteiger partial charge in [0.05, 0.1) is 9.88 Å². The zero-order valence-corrected chi connectivity index (χ0v) is 17.0. The molecule has 0 saturated carbocycles. The molecule has 1 aliphatic rings. The monoisotopic (exact) mass is 392 g/mol. The Bertz CT molecular complexity index is 944. The first-order valence-corrected chi connectivity index (χ1v) is 10.3. The van der Waals surface area contributed by atoms with E-state index >= 15 is 0 Å². The number of nitrogens with one attached hydrogen (secondary N) is 1. The maximum Gasteiger partial charge on any atom is 0.275 e. The number of amides is 1. The predicted molar refractivity (Wildman–Crippen MR) is 116 cm³/mol. The van der Waals surface area contributed by atoms with Crippen LogP contribution in [0.1, 0.15) is 15.5 Å². The van der Waals surface area contributed by atoms with Crippen molar-refractivity contribution >= 4 is 28.6 Å². The summed E-state index contributed by atoms with van der Waals surface area (Å²) in [5.41, 5.74) is 3.48. The van der Waals surface area contributed by atoms with Gasteiger partial charge in [-0.05, 0) is 43.8 Å². The number of hydrogen-bond acceptors (Lipinski definition) is 5. The van der Waals surface area contributed by atoms with E-state index < -0.39 is 0 Å². The maximum atomic E-state index is 12.9. The maximum absolute atomic E-state index is 12.9. The average molecular weight is 393 g/mol. The molecule has 1 N–H and O–H groups in total. The second-order valence-corrected chi connectivity index (χ2v) is 8.27. The van der Waals surface area contributed by atoms with E-state index in [9.17, 15) is 4.79 Å². The van der Waals surface area contributed by atoms with Gasteiger partial charge in [0.25, 0.3) is 5.91 Å². The van der Waals surface area contributed by atoms with Gasteiger partial charge in [0, 0.05) is 37.6 Å². The molecule has 3 aromatic rings. The summed E-state index contributed by atoms with van der Waals surface area (Å²) in [6, 6.07) is 18.0. The van der Waals surface area contributed by atoms with Gasteiger partial charge in [0.2, 0.25) is 0 Å². The van der Waals surface area contributed by atoms with Gasteiger partial charge < -0.3 is 15.1 Å². The van der Waals surface area contributed by atoms with Crippen LogP contribution in [-0.4, -0.2) is 49.0 Å². The average Bonchev–Trinajstić information content (AvgIpc) is 3.12. The van der Waals surface area contributed by atoms with Crippen LogP contribution >= 0.6 is 11.3 Å². The molecule has 1 aliphatic heterocycles. The van der Waals surface area contributed by atoms with Crippen LogP contribution in [0.15, 0.2) is 54.6 Å². The molecule has 0 bridgehead atoms. The van der Waals surface area contributed by atoms with Crippen molar-refractivity contribution in [2.24, 2.45) is 0 Å². The molecule has 1 aromatic heterocycles. The molecule has 28 heavy (non-hydrogen) atoms. The molecular weight excluding hydrogens is 368 g/mol. The third-order valence-corrected chi connectivity index (χ3v) is 6.00. The lowest BCUT2D eigenvalue weighted by atomic mass is 10.1. The number of likely N-dealkylation sites (N-methyl/N-ethyl adjacent to an activating group) is 1. The van der Waals surface area contributed by atoms with Crippen molar-refractivity contribution in [2.45, 2.75) is 6.92 Å². The van der Waals surface area contributed by atoms with E-state index in [1.54, 1.807) is 11.3 Å². The quantitative estimate of drug-likeness (QED) is 0.726. The van der Waals surface area contributed by atoms with Crippen LogP contribution in [0.4, 0.5) is 11.4 Å². The fraction of sp³-hybridized carbons (Fsp3) is 0.273. The van der Waals surface area contributed by atoms with Crippen molar-refractivity contribution in [3.05, 3.63) is 65.3 Å². The molecule has 1 saturated heterocycles. The van der Waals surface area contributed by atoms with Crippen molar-refractivity contribution in [1.82, 2.24) is 9.88 Å². The number of carbonyl (C=O) groups is 1. The van der Waals surface area contributed by atoms with Gasteiger partial charge >= 0.3 is 0 Å². The molecule has 2 aromatic carbocycles. The summed E-state index contributed by atoms with van der Waals surface area (Å²) in [5, 5.41) is 3.88. The molecule has 0 aliphatic carbocycles. The van der Waals surface area contributed by atoms with Gasteiger partial charge in [0.15, 0.2) is 0 Å². The molecular formula is C22H24N4OS. The van der Waals surface area contributed by atoms with E-state index in [1.165, 1.54) is 5.69 Å². The van der Waals surface area contributed by atoms with Gasteiger partial charge in [-0.25, -0.2) is 4.98 Å². The molecule has 0 spiro atoms. The van der Waals surface area contributed by atoms with E-state index in [1.807, 2.05) is 49.4 Å². The molecule has 2 heterocycles. The summed E-state index contributed by atoms with van der Waals surface area (Å²) < 4.78 is 0. The largest absolute Gasteiger partial charge is 0.369 e. The van der Waals surface area contributed by atoms with Gasteiger partial charge in [-0.15, -0.1) is 11.3 Å². The van der Waals surface area contributed by atoms with Crippen LogP contribution in [0.5, 0.6) is 0 Å². The second-order valence-electron chi connectivity index (χ2n) is 7.07. The van der Waals surface area contributed by atoms with Crippen molar-refractivity contribution in [3.8, 4) is 10.4 Å². The molecule has 0 unspecified atom stereocenters. The van der Waals surface area contributed by atoms with Crippen molar-refractivity contribution in [1.29, 1.82) is 0 Å². The van der Waals surface area contributed by atoms with Crippen LogP contribution in [0.25, 0.3) is 10.4 Å². The molecule has 4 rings (SSSR count). The summed E-state index contributed by atoms with van der Waals surface area (Å²) in [6.07, 6.45) is 0. The Labute approximate surface area is 169 Å². The lowest BCUT2D eigenvalue weighted by Crippen LogP contribution is -2.44. The van der Waals surface area contributed by atoms with Crippen LogP contribution in [0.3, 0.4) is 0 Å². The highest BCUT2D eigenvalue weighted by Gasteiger charge is 2.19. The molecule has 144 valence electrons. The van der Waals surface area contributed by atoms with Crippen molar-refractivity contribution in [3.63, 3.8) is 0 Å². The Hall–Kier alpha value is -2.70. The minimum atomic E-state index is -0.171. The zero-order valence-electron chi connectivity index (χ0n) is 16.2. The summed E-state index contributed by atoms with van der Waals surface area (Å²) >= 11 is 1.55. The Balaban J connectivity index is 1.49. The minimum Gasteiger partial charge on any atom is -0.369 e. The van der Waals surface area contributed by atoms with Gasteiger partial charge in [-0.2, -0.15) is 0 Å². The van der Waals surface area contributed by atoms with Crippen molar-refractivity contribution in [2.75, 3.05) is 43.4 Å². The molecule has 0 atom stereocenters. The Morgan fingerprint density at radius 1 is 1.00 bits per heavy atom. The van der Waals surface area contributed by atoms with Crippen molar-refractivity contribution < 1.29 is 4.79 Å². The lowest BCUT2D eigenvalue weighted by Gasteiger charge is -2.34. The molecule has 5 nitrogen and oxygen atoms in total. The van der Waals surface area contributed by atoms with E-state index in [-0.39, 0.29) is 5.91 Å². The summed E-state index contributed by atoms with van der Waals surface area (Å²) in [7, 11) is 2.15. The minimum absolute atomic E-state index is 0.171. The van der Waals surface area contributed by atoms with Gasteiger partial charge in [-0.1, -0.05) is 30.3 Å². The number of carbonyl (C=O) groups excluding carboxylic acids is 1. The Kier molecular flexibility index (Phi) is 5.41. The fourth-order valence-electron chi connectivity index (χ4n) is 3.38. The number of benzene rings is 2. The highest BCUT2D eigenvalue weighted by atomic mass is 32.1. The first kappa shape index (κ1) is 18.7. The first-order valence-electron chi connectivity index (χ1n) is 9.48. The van der Waals surface area contributed by atoms with E-state index in [0.717, 1.165) is 47.3 Å². The van der Waals surface area contributed by atoms with E-state index in [4.69, 9.17) is 0 Å². The van der Waals surface area contributed by atoms with Gasteiger partial charge in [-0.3, -0.25) is 4.79 Å². The smallest absolute Gasteiger partial charge is 0.275 e. The molecule has 0 radical (unpaired) electrons. The number of piperazine rings is 1. The summed E-state index contributed by atoms with van der Waals surface area (Å²) in [5.74, 6) is -0.171. The number of rotatable bonds is 4. The topological polar surface area (TPSA) is 48.5 Å². The number of aryl methyl sites for hydroxylation is 1. The predicted octanol–water partition coefficient (Wildman–Crippen LogP) is 4.12. The Morgan fingerprint density at radius 2 is 1.68 bits per heavy atom. The van der Waals surface area contributed by atoms with E-state index in [2.05, 4.69) is 39.3 Å². The second kappa shape index (κ2) is 8.12. The van der Waals surface area contributed by atoms with Crippen LogP contribution in [0, 0.1) is 6.92 Å². The lowest BCUT2D eigenvalue weighted by molar-refractivity contribution is 0.102. The molecule has 1 fully saturated rings.